The molecule has 0 unspecified atom stereocenters. The molecule has 0 saturated carbocycles. The summed E-state index contributed by atoms with van der Waals surface area (Å²) < 4.78 is 34.7. The second-order valence-electron chi connectivity index (χ2n) is 8.83. The summed E-state index contributed by atoms with van der Waals surface area (Å²) in [6, 6.07) is 5.84. The Morgan fingerprint density at radius 3 is 1.92 bits per heavy atom. The molecule has 0 aliphatic heterocycles. The lowest BCUT2D eigenvalue weighted by Gasteiger charge is -2.31. The Kier molecular flexibility index (Phi) is 7.25. The van der Waals surface area contributed by atoms with Crippen molar-refractivity contribution in [1.29, 1.82) is 0 Å². The number of hydrogen-bond donors (Lipinski definition) is 1. The molecule has 0 bridgehead atoms. The Bertz CT molecular complexity index is 703. The molecule has 0 aliphatic rings. The molecule has 1 rings (SSSR count). The monoisotopic (exact) mass is 382 g/mol. The number of benzene rings is 1. The Balaban J connectivity index is 3.90. The first-order chi connectivity index (χ1) is 11.3. The van der Waals surface area contributed by atoms with E-state index >= 15 is 0 Å². The van der Waals surface area contributed by atoms with Crippen molar-refractivity contribution in [2.75, 3.05) is 0 Å². The summed E-state index contributed by atoms with van der Waals surface area (Å²) in [5.41, 5.74) is 1.37. The van der Waals surface area contributed by atoms with E-state index in [9.17, 15) is 13.0 Å². The third-order valence-electron chi connectivity index (χ3n) is 4.43. The molecule has 0 saturated heterocycles. The summed E-state index contributed by atoms with van der Waals surface area (Å²) in [6.45, 7) is 18.8. The van der Waals surface area contributed by atoms with Crippen LogP contribution in [0, 0.1) is 11.8 Å². The van der Waals surface area contributed by atoms with Crippen LogP contribution >= 0.6 is 0 Å². The van der Waals surface area contributed by atoms with Crippen molar-refractivity contribution in [2.45, 2.75) is 70.9 Å². The maximum Gasteiger partial charge on any atom is 0.294 e. The molecule has 0 spiro atoms. The van der Waals surface area contributed by atoms with Crippen molar-refractivity contribution in [3.05, 3.63) is 29.8 Å². The van der Waals surface area contributed by atoms with Crippen LogP contribution in [0.3, 0.4) is 0 Å². The van der Waals surface area contributed by atoms with Gasteiger partial charge in [-0.05, 0) is 33.6 Å². The zero-order chi connectivity index (χ0) is 19.6. The molecule has 0 aromatic heterocycles. The van der Waals surface area contributed by atoms with Crippen LogP contribution in [0.4, 0.5) is 0 Å². The molecule has 142 valence electrons. The predicted octanol–water partition coefficient (Wildman–Crippen LogP) is 4.62. The second-order valence-corrected chi connectivity index (χ2v) is 13.1. The fraction of sp³-hybridized carbons (Fsp3) is 0.600. The van der Waals surface area contributed by atoms with Crippen LogP contribution in [-0.4, -0.2) is 21.8 Å². The Morgan fingerprint density at radius 2 is 1.60 bits per heavy atom. The van der Waals surface area contributed by atoms with Gasteiger partial charge in [0, 0.05) is 0 Å². The fourth-order valence-corrected chi connectivity index (χ4v) is 9.82. The molecule has 0 aliphatic carbocycles. The lowest BCUT2D eigenvalue weighted by Crippen LogP contribution is -2.42. The van der Waals surface area contributed by atoms with Crippen LogP contribution in [0.1, 0.15) is 59.6 Å². The SMILES string of the molecule is C=Cc1ccc(C(C)(C)C)c([SiH](CC(C)C)CC(C)C)c1S(=O)(=O)O. The van der Waals surface area contributed by atoms with E-state index in [-0.39, 0.29) is 10.3 Å². The lowest BCUT2D eigenvalue weighted by molar-refractivity contribution is 0.483. The fourth-order valence-electron chi connectivity index (χ4n) is 3.59. The quantitative estimate of drug-likeness (QED) is 0.553. The minimum absolute atomic E-state index is 0.105. The van der Waals surface area contributed by atoms with Gasteiger partial charge in [0.05, 0.1) is 8.80 Å². The average Bonchev–Trinajstić information content (AvgIpc) is 2.41. The maximum absolute atomic E-state index is 12.3. The van der Waals surface area contributed by atoms with Crippen LogP contribution in [0.25, 0.3) is 6.08 Å². The molecule has 1 aromatic rings. The third-order valence-corrected chi connectivity index (χ3v) is 10.1. The van der Waals surface area contributed by atoms with Crippen molar-refractivity contribution in [3.63, 3.8) is 0 Å². The molecule has 0 amide bonds. The molecule has 0 radical (unpaired) electrons. The van der Waals surface area contributed by atoms with Gasteiger partial charge in [0.15, 0.2) is 0 Å². The van der Waals surface area contributed by atoms with Gasteiger partial charge in [0.2, 0.25) is 0 Å². The summed E-state index contributed by atoms with van der Waals surface area (Å²) in [7, 11) is -5.93. The molecule has 0 atom stereocenters. The van der Waals surface area contributed by atoms with Gasteiger partial charge < -0.3 is 0 Å². The molecule has 25 heavy (non-hydrogen) atoms. The third kappa shape index (κ3) is 5.80. The van der Waals surface area contributed by atoms with E-state index in [0.717, 1.165) is 22.8 Å². The Morgan fingerprint density at radius 1 is 1.12 bits per heavy atom. The van der Waals surface area contributed by atoms with Crippen molar-refractivity contribution in [3.8, 4) is 0 Å². The highest BCUT2D eigenvalue weighted by Gasteiger charge is 2.32. The zero-order valence-corrected chi connectivity index (χ0v) is 18.7. The molecule has 0 heterocycles. The smallest absolute Gasteiger partial charge is 0.282 e. The predicted molar refractivity (Wildman–Crippen MR) is 111 cm³/mol. The van der Waals surface area contributed by atoms with Crippen LogP contribution in [-0.2, 0) is 15.5 Å². The minimum atomic E-state index is -4.31. The van der Waals surface area contributed by atoms with Gasteiger partial charge in [0.25, 0.3) is 10.1 Å². The summed E-state index contributed by atoms with van der Waals surface area (Å²) >= 11 is 0. The molecule has 1 N–H and O–H groups in total. The van der Waals surface area contributed by atoms with E-state index < -0.39 is 18.9 Å². The van der Waals surface area contributed by atoms with E-state index in [1.807, 2.05) is 6.07 Å². The van der Waals surface area contributed by atoms with Crippen LogP contribution < -0.4 is 5.19 Å². The molecular weight excluding hydrogens is 348 g/mol. The first-order valence-electron chi connectivity index (χ1n) is 9.06. The highest BCUT2D eigenvalue weighted by molar-refractivity contribution is 7.86. The molecule has 0 fully saturated rings. The van der Waals surface area contributed by atoms with Crippen LogP contribution in [0.2, 0.25) is 12.1 Å². The number of hydrogen-bond acceptors (Lipinski definition) is 2. The van der Waals surface area contributed by atoms with Gasteiger partial charge in [0.1, 0.15) is 4.90 Å². The van der Waals surface area contributed by atoms with Gasteiger partial charge >= 0.3 is 0 Å². The van der Waals surface area contributed by atoms with E-state index in [1.165, 1.54) is 6.08 Å². The Labute approximate surface area is 155 Å². The van der Waals surface area contributed by atoms with Crippen LogP contribution in [0.5, 0.6) is 0 Å². The first kappa shape index (κ1) is 22.1. The van der Waals surface area contributed by atoms with Gasteiger partial charge in [-0.1, -0.05) is 85.3 Å². The summed E-state index contributed by atoms with van der Waals surface area (Å²) in [5, 5.41) is 0.912. The topological polar surface area (TPSA) is 54.4 Å². The van der Waals surface area contributed by atoms with Gasteiger partial charge in [-0.15, -0.1) is 0 Å². The van der Waals surface area contributed by atoms with E-state index in [4.69, 9.17) is 0 Å². The standard InChI is InChI=1S/C20H34O3SSi/c1-9-16-10-11-17(20(6,7)8)19(18(16)24(21,22)23)25(12-14(2)3)13-15(4)5/h9-11,14-15,25H,1,12-13H2,2-8H3,(H,21,22,23). The zero-order valence-electron chi connectivity index (χ0n) is 16.8. The molecule has 3 nitrogen and oxygen atoms in total. The summed E-state index contributed by atoms with van der Waals surface area (Å²) in [5.74, 6) is 0.981. The molecule has 1 aromatic carbocycles. The highest BCUT2D eigenvalue weighted by atomic mass is 32.2. The number of rotatable bonds is 7. The minimum Gasteiger partial charge on any atom is -0.282 e. The molecule has 5 heteroatoms. The van der Waals surface area contributed by atoms with Crippen molar-refractivity contribution >= 4 is 30.2 Å². The second kappa shape index (κ2) is 8.19. The summed E-state index contributed by atoms with van der Waals surface area (Å²) in [4.78, 5) is 0.105. The van der Waals surface area contributed by atoms with Crippen LogP contribution in [0.15, 0.2) is 23.6 Å². The van der Waals surface area contributed by atoms with Gasteiger partial charge in [-0.2, -0.15) is 8.42 Å². The van der Waals surface area contributed by atoms with Gasteiger partial charge in [-0.3, -0.25) is 4.55 Å². The largest absolute Gasteiger partial charge is 0.294 e. The maximum atomic E-state index is 12.3. The first-order valence-corrected chi connectivity index (χ1v) is 12.7. The van der Waals surface area contributed by atoms with Crippen molar-refractivity contribution < 1.29 is 13.0 Å². The lowest BCUT2D eigenvalue weighted by atomic mass is 9.86. The normalized spacial score (nSPS) is 13.1. The summed E-state index contributed by atoms with van der Waals surface area (Å²) in [6.07, 6.45) is 1.54. The highest BCUT2D eigenvalue weighted by Crippen LogP contribution is 2.29. The van der Waals surface area contributed by atoms with Crippen molar-refractivity contribution in [2.24, 2.45) is 11.8 Å². The van der Waals surface area contributed by atoms with Crippen molar-refractivity contribution in [1.82, 2.24) is 0 Å². The average molecular weight is 383 g/mol. The van der Waals surface area contributed by atoms with E-state index in [1.54, 1.807) is 6.07 Å². The van der Waals surface area contributed by atoms with E-state index in [2.05, 4.69) is 55.0 Å². The van der Waals surface area contributed by atoms with Gasteiger partial charge in [-0.25, -0.2) is 0 Å². The Hall–Kier alpha value is -0.913. The van der Waals surface area contributed by atoms with E-state index in [0.29, 0.717) is 17.4 Å². The molecular formula is C20H34O3SSi.